The summed E-state index contributed by atoms with van der Waals surface area (Å²) in [6, 6.07) is 1.61. The van der Waals surface area contributed by atoms with Crippen LogP contribution in [-0.4, -0.2) is 39.8 Å². The first kappa shape index (κ1) is 15.2. The lowest BCUT2D eigenvalue weighted by molar-refractivity contribution is -0.385. The second-order valence-electron chi connectivity index (χ2n) is 5.37. The Labute approximate surface area is 119 Å². The second kappa shape index (κ2) is 5.28. The van der Waals surface area contributed by atoms with E-state index in [4.69, 9.17) is 5.11 Å². The van der Waals surface area contributed by atoms with Crippen LogP contribution in [0.4, 0.5) is 15.8 Å². The Bertz CT molecular complexity index is 592. The number of carboxylic acids is 1. The molecule has 0 radical (unpaired) electrons. The minimum Gasteiger partial charge on any atom is -0.477 e. The van der Waals surface area contributed by atoms with E-state index in [9.17, 15) is 24.4 Å². The number of nitro groups is 1. The molecule has 8 heteroatoms. The number of hydrogen-bond donors (Lipinski definition) is 2. The second-order valence-corrected chi connectivity index (χ2v) is 5.37. The van der Waals surface area contributed by atoms with Crippen LogP contribution in [0.2, 0.25) is 0 Å². The third kappa shape index (κ3) is 3.10. The van der Waals surface area contributed by atoms with Crippen molar-refractivity contribution in [2.75, 3.05) is 18.0 Å². The normalized spacial score (nSPS) is 17.6. The summed E-state index contributed by atoms with van der Waals surface area (Å²) in [7, 11) is 0. The molecule has 0 unspecified atom stereocenters. The quantitative estimate of drug-likeness (QED) is 0.651. The van der Waals surface area contributed by atoms with E-state index >= 15 is 0 Å². The number of hydrogen-bond acceptors (Lipinski definition) is 5. The molecule has 1 heterocycles. The van der Waals surface area contributed by atoms with Gasteiger partial charge in [-0.3, -0.25) is 10.1 Å². The van der Waals surface area contributed by atoms with E-state index in [1.54, 1.807) is 11.8 Å². The van der Waals surface area contributed by atoms with Crippen LogP contribution in [0.1, 0.15) is 30.1 Å². The topological polar surface area (TPSA) is 104 Å². The SMILES string of the molecule is CC1(O)CCN(c2cc(C(=O)O)c([N+](=O)[O-])cc2F)CC1. The van der Waals surface area contributed by atoms with E-state index in [2.05, 4.69) is 0 Å². The summed E-state index contributed by atoms with van der Waals surface area (Å²) in [6.45, 7) is 2.38. The third-order valence-corrected chi connectivity index (χ3v) is 3.67. The van der Waals surface area contributed by atoms with Crippen LogP contribution in [0.15, 0.2) is 12.1 Å². The van der Waals surface area contributed by atoms with Gasteiger partial charge in [0.15, 0.2) is 5.82 Å². The Morgan fingerprint density at radius 3 is 2.48 bits per heavy atom. The van der Waals surface area contributed by atoms with E-state index in [0.29, 0.717) is 32.0 Å². The molecule has 1 aliphatic heterocycles. The van der Waals surface area contributed by atoms with Gasteiger partial charge in [-0.15, -0.1) is 0 Å². The van der Waals surface area contributed by atoms with Gasteiger partial charge in [-0.1, -0.05) is 0 Å². The number of carboxylic acid groups (broad SMARTS) is 1. The molecular formula is C13H15FN2O5. The van der Waals surface area contributed by atoms with Gasteiger partial charge in [-0.25, -0.2) is 9.18 Å². The van der Waals surface area contributed by atoms with Crippen molar-refractivity contribution in [3.8, 4) is 0 Å². The average molecular weight is 298 g/mol. The van der Waals surface area contributed by atoms with Crippen LogP contribution in [-0.2, 0) is 0 Å². The summed E-state index contributed by atoms with van der Waals surface area (Å²) in [5.41, 5.74) is -2.14. The zero-order valence-corrected chi connectivity index (χ0v) is 11.4. The summed E-state index contributed by atoms with van der Waals surface area (Å²) in [6.07, 6.45) is 0.817. The summed E-state index contributed by atoms with van der Waals surface area (Å²) in [4.78, 5) is 22.5. The lowest BCUT2D eigenvalue weighted by Crippen LogP contribution is -2.42. The molecule has 0 atom stereocenters. The van der Waals surface area contributed by atoms with Gasteiger partial charge in [-0.05, 0) is 25.8 Å². The van der Waals surface area contributed by atoms with Crippen molar-refractivity contribution >= 4 is 17.3 Å². The number of aliphatic hydroxyl groups is 1. The lowest BCUT2D eigenvalue weighted by atomic mass is 9.93. The number of anilines is 1. The van der Waals surface area contributed by atoms with E-state index < -0.39 is 33.6 Å². The molecule has 2 N–H and O–H groups in total. The third-order valence-electron chi connectivity index (χ3n) is 3.67. The first-order valence-electron chi connectivity index (χ1n) is 6.40. The number of rotatable bonds is 3. The highest BCUT2D eigenvalue weighted by Gasteiger charge is 2.31. The molecule has 7 nitrogen and oxygen atoms in total. The van der Waals surface area contributed by atoms with Crippen molar-refractivity contribution in [1.29, 1.82) is 0 Å². The van der Waals surface area contributed by atoms with E-state index in [-0.39, 0.29) is 5.69 Å². The molecule has 1 aromatic carbocycles. The minimum absolute atomic E-state index is 0.00787. The first-order valence-corrected chi connectivity index (χ1v) is 6.40. The van der Waals surface area contributed by atoms with Crippen LogP contribution in [0.3, 0.4) is 0 Å². The Kier molecular flexibility index (Phi) is 3.82. The van der Waals surface area contributed by atoms with Crippen LogP contribution in [0.25, 0.3) is 0 Å². The number of carbonyl (C=O) groups is 1. The molecule has 0 saturated carbocycles. The zero-order chi connectivity index (χ0) is 15.8. The molecule has 1 fully saturated rings. The highest BCUT2D eigenvalue weighted by atomic mass is 19.1. The fourth-order valence-corrected chi connectivity index (χ4v) is 2.35. The van der Waals surface area contributed by atoms with Crippen LogP contribution < -0.4 is 4.90 Å². The number of nitrogens with zero attached hydrogens (tertiary/aromatic N) is 2. The van der Waals surface area contributed by atoms with Crippen molar-refractivity contribution in [1.82, 2.24) is 0 Å². The maximum Gasteiger partial charge on any atom is 0.342 e. The average Bonchev–Trinajstić information content (AvgIpc) is 2.38. The largest absolute Gasteiger partial charge is 0.477 e. The summed E-state index contributed by atoms with van der Waals surface area (Å²) in [5, 5.41) is 29.7. The van der Waals surface area contributed by atoms with E-state index in [1.165, 1.54) is 0 Å². The van der Waals surface area contributed by atoms with Crippen molar-refractivity contribution in [2.24, 2.45) is 0 Å². The smallest absolute Gasteiger partial charge is 0.342 e. The summed E-state index contributed by atoms with van der Waals surface area (Å²) >= 11 is 0. The van der Waals surface area contributed by atoms with Crippen LogP contribution in [0.5, 0.6) is 0 Å². The van der Waals surface area contributed by atoms with Gasteiger partial charge in [0, 0.05) is 13.1 Å². The molecule has 1 aromatic rings. The summed E-state index contributed by atoms with van der Waals surface area (Å²) < 4.78 is 14.0. The fraction of sp³-hybridized carbons (Fsp3) is 0.462. The molecule has 2 rings (SSSR count). The van der Waals surface area contributed by atoms with Gasteiger partial charge in [-0.2, -0.15) is 0 Å². The highest BCUT2D eigenvalue weighted by molar-refractivity contribution is 5.93. The minimum atomic E-state index is -1.48. The van der Waals surface area contributed by atoms with Gasteiger partial charge in [0.1, 0.15) is 5.56 Å². The monoisotopic (exact) mass is 298 g/mol. The van der Waals surface area contributed by atoms with Crippen molar-refractivity contribution < 1.29 is 24.3 Å². The number of benzene rings is 1. The number of aromatic carboxylic acids is 1. The van der Waals surface area contributed by atoms with Crippen molar-refractivity contribution in [3.63, 3.8) is 0 Å². The van der Waals surface area contributed by atoms with Crippen LogP contribution >= 0.6 is 0 Å². The van der Waals surface area contributed by atoms with E-state index in [1.807, 2.05) is 0 Å². The standard InChI is InChI=1S/C13H15FN2O5/c1-13(19)2-4-15(5-3-13)11-6-8(12(17)18)10(16(20)21)7-9(11)14/h6-7,19H,2-5H2,1H3,(H,17,18). The molecular weight excluding hydrogens is 283 g/mol. The molecule has 114 valence electrons. The van der Waals surface area contributed by atoms with Gasteiger partial charge in [0.05, 0.1) is 22.3 Å². The molecule has 21 heavy (non-hydrogen) atoms. The zero-order valence-electron chi connectivity index (χ0n) is 11.4. The van der Waals surface area contributed by atoms with Gasteiger partial charge in [0.2, 0.25) is 0 Å². The maximum absolute atomic E-state index is 14.0. The van der Waals surface area contributed by atoms with Crippen molar-refractivity contribution in [3.05, 3.63) is 33.6 Å². The van der Waals surface area contributed by atoms with Gasteiger partial charge < -0.3 is 15.1 Å². The van der Waals surface area contributed by atoms with Crippen LogP contribution in [0, 0.1) is 15.9 Å². The Balaban J connectivity index is 2.39. The Morgan fingerprint density at radius 2 is 2.00 bits per heavy atom. The lowest BCUT2D eigenvalue weighted by Gasteiger charge is -2.37. The predicted octanol–water partition coefficient (Wildman–Crippen LogP) is 1.78. The molecule has 0 amide bonds. The maximum atomic E-state index is 14.0. The summed E-state index contributed by atoms with van der Waals surface area (Å²) in [5.74, 6) is -2.32. The first-order chi connectivity index (χ1) is 9.71. The van der Waals surface area contributed by atoms with E-state index in [0.717, 1.165) is 6.07 Å². The molecule has 1 saturated heterocycles. The Morgan fingerprint density at radius 1 is 1.43 bits per heavy atom. The molecule has 0 aromatic heterocycles. The van der Waals surface area contributed by atoms with Gasteiger partial charge >= 0.3 is 5.97 Å². The van der Waals surface area contributed by atoms with Gasteiger partial charge in [0.25, 0.3) is 5.69 Å². The molecule has 1 aliphatic rings. The fourth-order valence-electron chi connectivity index (χ4n) is 2.35. The van der Waals surface area contributed by atoms with Crippen molar-refractivity contribution in [2.45, 2.75) is 25.4 Å². The number of halogens is 1. The predicted molar refractivity (Wildman–Crippen MR) is 72.1 cm³/mol. The highest BCUT2D eigenvalue weighted by Crippen LogP contribution is 2.32. The molecule has 0 spiro atoms. The molecule has 0 aliphatic carbocycles. The number of nitro benzene ring substituents is 1. The number of piperidine rings is 1. The Hall–Kier alpha value is -2.22. The molecule has 0 bridgehead atoms.